The highest BCUT2D eigenvalue weighted by molar-refractivity contribution is 5.87. The number of aromatic hydroxyl groups is 1. The Kier molecular flexibility index (Phi) is 11.8. The van der Waals surface area contributed by atoms with Crippen molar-refractivity contribution in [2.24, 2.45) is 29.2 Å². The lowest BCUT2D eigenvalue weighted by atomic mass is 9.80. The van der Waals surface area contributed by atoms with Crippen molar-refractivity contribution in [3.05, 3.63) is 52.9 Å². The molecule has 2 heterocycles. The summed E-state index contributed by atoms with van der Waals surface area (Å²) in [6.45, 7) is 4.74. The summed E-state index contributed by atoms with van der Waals surface area (Å²) in [5.41, 5.74) is 20.3. The zero-order valence-electron chi connectivity index (χ0n) is 26.0. The van der Waals surface area contributed by atoms with E-state index in [2.05, 4.69) is 20.4 Å². The summed E-state index contributed by atoms with van der Waals surface area (Å²) in [4.78, 5) is 35.9. The van der Waals surface area contributed by atoms with Gasteiger partial charge < -0.3 is 36.7 Å². The standard InChI is InChI=1S/C32H48N8O4/c1-20-16-23(41)17-21(2)25(20)19-26(24(29(34)42)10-7-14-40-15-13-36-32(40)35)30(43)37-27(11-6-12-33)31-38-28(39-44-31)18-22-8-4-3-5-9-22/h13,15-17,22,24,26-27,41H,3-12,14,18-19,33H2,1-2H3,(H2,34,42)(H2,35,36)(H,37,43)/t24?,26-,27-/m0/s1. The fourth-order valence-corrected chi connectivity index (χ4v) is 6.48. The van der Waals surface area contributed by atoms with Crippen LogP contribution in [0.4, 0.5) is 5.95 Å². The van der Waals surface area contributed by atoms with Gasteiger partial charge in [-0.25, -0.2) is 4.98 Å². The van der Waals surface area contributed by atoms with Gasteiger partial charge in [0, 0.05) is 31.3 Å². The van der Waals surface area contributed by atoms with Crippen LogP contribution < -0.4 is 22.5 Å². The molecule has 0 saturated heterocycles. The molecule has 4 rings (SSSR count). The summed E-state index contributed by atoms with van der Waals surface area (Å²) in [6.07, 6.45) is 12.6. The van der Waals surface area contributed by atoms with E-state index in [0.29, 0.717) is 62.4 Å². The third-order valence-electron chi connectivity index (χ3n) is 8.95. The number of phenolic OH excluding ortho intramolecular Hbond substituents is 1. The van der Waals surface area contributed by atoms with Crippen molar-refractivity contribution in [3.8, 4) is 5.75 Å². The summed E-state index contributed by atoms with van der Waals surface area (Å²) in [6, 6.07) is 2.77. The number of imidazole rings is 1. The van der Waals surface area contributed by atoms with Crippen molar-refractivity contribution < 1.29 is 19.2 Å². The lowest BCUT2D eigenvalue weighted by Gasteiger charge is -2.27. The number of aryl methyl sites for hydroxylation is 3. The zero-order valence-corrected chi connectivity index (χ0v) is 26.0. The van der Waals surface area contributed by atoms with Gasteiger partial charge >= 0.3 is 0 Å². The van der Waals surface area contributed by atoms with E-state index in [-0.39, 0.29) is 18.1 Å². The number of rotatable bonds is 16. The van der Waals surface area contributed by atoms with Crippen LogP contribution in [0, 0.1) is 31.6 Å². The second-order valence-corrected chi connectivity index (χ2v) is 12.2. The van der Waals surface area contributed by atoms with Crippen LogP contribution in [0.1, 0.15) is 92.2 Å². The van der Waals surface area contributed by atoms with Gasteiger partial charge in [0.15, 0.2) is 11.8 Å². The minimum atomic E-state index is -0.778. The average molecular weight is 609 g/mol. The first-order valence-corrected chi connectivity index (χ1v) is 15.8. The third kappa shape index (κ3) is 8.81. The van der Waals surface area contributed by atoms with Crippen molar-refractivity contribution in [2.75, 3.05) is 12.3 Å². The Morgan fingerprint density at radius 3 is 2.48 bits per heavy atom. The number of aromatic nitrogens is 4. The van der Waals surface area contributed by atoms with Crippen LogP contribution in [0.3, 0.4) is 0 Å². The second kappa shape index (κ2) is 15.7. The Bertz CT molecular complexity index is 1360. The monoisotopic (exact) mass is 608 g/mol. The van der Waals surface area contributed by atoms with Gasteiger partial charge in [-0.1, -0.05) is 37.3 Å². The molecule has 3 aromatic rings. The van der Waals surface area contributed by atoms with Crippen LogP contribution in [0.5, 0.6) is 5.75 Å². The van der Waals surface area contributed by atoms with Gasteiger partial charge in [0.25, 0.3) is 0 Å². The Labute approximate surface area is 259 Å². The van der Waals surface area contributed by atoms with Crippen molar-refractivity contribution >= 4 is 17.8 Å². The van der Waals surface area contributed by atoms with Gasteiger partial charge in [0.05, 0.1) is 5.92 Å². The first-order valence-electron chi connectivity index (χ1n) is 15.8. The lowest BCUT2D eigenvalue weighted by molar-refractivity contribution is -0.134. The number of nitrogens with zero attached hydrogens (tertiary/aromatic N) is 4. The molecular formula is C32H48N8O4. The highest BCUT2D eigenvalue weighted by Crippen LogP contribution is 2.31. The molecule has 44 heavy (non-hydrogen) atoms. The number of carbonyl (C=O) groups is 2. The maximum Gasteiger partial charge on any atom is 0.249 e. The van der Waals surface area contributed by atoms with Crippen molar-refractivity contribution in [3.63, 3.8) is 0 Å². The molecule has 1 unspecified atom stereocenters. The fourth-order valence-electron chi connectivity index (χ4n) is 6.48. The van der Waals surface area contributed by atoms with Crippen LogP contribution in [-0.4, -0.2) is 43.2 Å². The molecule has 240 valence electrons. The zero-order chi connectivity index (χ0) is 31.6. The van der Waals surface area contributed by atoms with Crippen LogP contribution >= 0.6 is 0 Å². The highest BCUT2D eigenvalue weighted by Gasteiger charge is 2.35. The molecule has 1 aliphatic carbocycles. The Morgan fingerprint density at radius 1 is 1.11 bits per heavy atom. The SMILES string of the molecule is Cc1cc(O)cc(C)c1C[C@H](C(=O)N[C@@H](CCCN)c1nc(CC2CCCCC2)no1)C(CCCn1ccnc1N)C(N)=O. The number of primary amides is 1. The number of anilines is 1. The largest absolute Gasteiger partial charge is 0.508 e. The highest BCUT2D eigenvalue weighted by atomic mass is 16.5. The summed E-state index contributed by atoms with van der Waals surface area (Å²) >= 11 is 0. The minimum Gasteiger partial charge on any atom is -0.508 e. The Balaban J connectivity index is 1.57. The quantitative estimate of drug-likeness (QED) is 0.161. The van der Waals surface area contributed by atoms with E-state index < -0.39 is 23.8 Å². The van der Waals surface area contributed by atoms with E-state index >= 15 is 0 Å². The van der Waals surface area contributed by atoms with E-state index in [0.717, 1.165) is 36.0 Å². The van der Waals surface area contributed by atoms with E-state index in [4.69, 9.17) is 21.7 Å². The first-order chi connectivity index (χ1) is 21.2. The van der Waals surface area contributed by atoms with Crippen LogP contribution in [0.25, 0.3) is 0 Å². The molecule has 12 nitrogen and oxygen atoms in total. The van der Waals surface area contributed by atoms with E-state index in [1.165, 1.54) is 19.3 Å². The number of nitrogens with one attached hydrogen (secondary N) is 1. The predicted octanol–water partition coefficient (Wildman–Crippen LogP) is 3.63. The van der Waals surface area contributed by atoms with Gasteiger partial charge in [-0.3, -0.25) is 9.59 Å². The number of phenols is 1. The summed E-state index contributed by atoms with van der Waals surface area (Å²) < 4.78 is 7.48. The van der Waals surface area contributed by atoms with Gasteiger partial charge in [-0.15, -0.1) is 0 Å². The molecule has 1 aliphatic rings. The summed E-state index contributed by atoms with van der Waals surface area (Å²) in [7, 11) is 0. The molecule has 1 saturated carbocycles. The molecule has 2 aromatic heterocycles. The third-order valence-corrected chi connectivity index (χ3v) is 8.95. The van der Waals surface area contributed by atoms with Gasteiger partial charge in [0.1, 0.15) is 11.8 Å². The smallest absolute Gasteiger partial charge is 0.249 e. The van der Waals surface area contributed by atoms with Crippen LogP contribution in [0.15, 0.2) is 29.0 Å². The van der Waals surface area contributed by atoms with E-state index in [1.54, 1.807) is 29.1 Å². The van der Waals surface area contributed by atoms with Crippen molar-refractivity contribution in [2.45, 2.75) is 97.1 Å². The molecule has 0 aliphatic heterocycles. The number of carbonyl (C=O) groups excluding carboxylic acids is 2. The summed E-state index contributed by atoms with van der Waals surface area (Å²) in [5.74, 6) is -0.334. The van der Waals surface area contributed by atoms with Crippen LogP contribution in [-0.2, 0) is 29.0 Å². The normalized spacial score (nSPS) is 16.0. The lowest BCUT2D eigenvalue weighted by Crippen LogP contribution is -2.43. The van der Waals surface area contributed by atoms with Gasteiger partial charge in [-0.2, -0.15) is 4.98 Å². The number of hydrogen-bond acceptors (Lipinski definition) is 9. The number of nitrogens with two attached hydrogens (primary N) is 3. The van der Waals surface area contributed by atoms with Crippen molar-refractivity contribution in [1.29, 1.82) is 0 Å². The van der Waals surface area contributed by atoms with Gasteiger partial charge in [0.2, 0.25) is 17.7 Å². The minimum absolute atomic E-state index is 0.149. The second-order valence-electron chi connectivity index (χ2n) is 12.2. The van der Waals surface area contributed by atoms with E-state index in [9.17, 15) is 14.7 Å². The summed E-state index contributed by atoms with van der Waals surface area (Å²) in [5, 5.41) is 17.5. The molecule has 1 aromatic carbocycles. The van der Waals surface area contributed by atoms with Crippen molar-refractivity contribution in [1.82, 2.24) is 25.0 Å². The Hall–Kier alpha value is -3.93. The van der Waals surface area contributed by atoms with Crippen LogP contribution in [0.2, 0.25) is 0 Å². The molecular weight excluding hydrogens is 560 g/mol. The molecule has 1 fully saturated rings. The number of nitrogen functional groups attached to an aromatic ring is 1. The van der Waals surface area contributed by atoms with Gasteiger partial charge in [-0.05, 0) is 87.2 Å². The molecule has 0 bridgehead atoms. The molecule has 0 spiro atoms. The first kappa shape index (κ1) is 33.0. The molecule has 0 radical (unpaired) electrons. The number of amides is 2. The number of benzene rings is 1. The maximum atomic E-state index is 14.2. The number of hydrogen-bond donors (Lipinski definition) is 5. The fraction of sp³-hybridized carbons (Fsp3) is 0.594. The van der Waals surface area contributed by atoms with E-state index in [1.807, 2.05) is 13.8 Å². The molecule has 12 heteroatoms. The molecule has 8 N–H and O–H groups in total. The predicted molar refractivity (Wildman–Crippen MR) is 167 cm³/mol. The average Bonchev–Trinajstić information content (AvgIpc) is 3.62. The molecule has 2 amide bonds. The topological polar surface area (TPSA) is 201 Å². The maximum absolute atomic E-state index is 14.2. The Morgan fingerprint density at radius 2 is 1.84 bits per heavy atom. The molecule has 3 atom stereocenters.